The lowest BCUT2D eigenvalue weighted by molar-refractivity contribution is 0.102. The lowest BCUT2D eigenvalue weighted by atomic mass is 10.1. The number of anilines is 1. The number of nitrogens with one attached hydrogen (secondary N) is 1. The number of benzene rings is 3. The molecule has 0 unspecified atom stereocenters. The molecule has 3 aromatic carbocycles. The number of fused-ring (bicyclic) bond motifs is 1. The van der Waals surface area contributed by atoms with E-state index in [9.17, 15) is 14.9 Å². The van der Waals surface area contributed by atoms with E-state index in [2.05, 4.69) is 11.4 Å². The van der Waals surface area contributed by atoms with Crippen LogP contribution in [0.25, 0.3) is 11.1 Å². The molecule has 0 atom stereocenters. The molecule has 0 fully saturated rings. The molecule has 0 bridgehead atoms. The summed E-state index contributed by atoms with van der Waals surface area (Å²) in [5.41, 5.74) is 3.38. The first-order valence-electron chi connectivity index (χ1n) is 10.7. The number of hydrogen-bond acceptors (Lipinski definition) is 6. The van der Waals surface area contributed by atoms with E-state index in [0.717, 1.165) is 5.56 Å². The molecular weight excluding hydrogens is 432 g/mol. The van der Waals surface area contributed by atoms with E-state index in [-0.39, 0.29) is 12.5 Å². The first kappa shape index (κ1) is 22.8. The smallest absolute Gasteiger partial charge is 0.419 e. The monoisotopic (exact) mass is 456 g/mol. The third-order valence-corrected chi connectivity index (χ3v) is 5.32. The number of carbonyl (C=O) groups is 1. The highest BCUT2D eigenvalue weighted by molar-refractivity contribution is 6.05. The molecule has 1 amide bonds. The maximum Gasteiger partial charge on any atom is 0.419 e. The molecule has 4 rings (SSSR count). The van der Waals surface area contributed by atoms with Gasteiger partial charge in [-0.2, -0.15) is 5.26 Å². The van der Waals surface area contributed by atoms with Crippen molar-refractivity contribution in [2.24, 2.45) is 0 Å². The van der Waals surface area contributed by atoms with E-state index in [0.29, 0.717) is 46.8 Å². The Bertz CT molecular complexity index is 1430. The van der Waals surface area contributed by atoms with E-state index in [1.54, 1.807) is 59.2 Å². The van der Waals surface area contributed by atoms with Crippen molar-refractivity contribution in [1.29, 1.82) is 5.26 Å². The fraction of sp³-hybridized carbons (Fsp3) is 0.192. The first-order valence-corrected chi connectivity index (χ1v) is 10.7. The number of likely N-dealkylation sites (N-methyl/N-ethyl adjacent to an activating group) is 1. The molecule has 0 radical (unpaired) electrons. The normalized spacial score (nSPS) is 10.9. The molecule has 1 aromatic heterocycles. The fourth-order valence-corrected chi connectivity index (χ4v) is 3.50. The van der Waals surface area contributed by atoms with Crippen LogP contribution in [-0.4, -0.2) is 36.0 Å². The number of oxazole rings is 1. The molecule has 0 spiro atoms. The molecule has 34 heavy (non-hydrogen) atoms. The molecule has 1 N–H and O–H groups in total. The molecule has 0 saturated heterocycles. The number of nitriles is 1. The summed E-state index contributed by atoms with van der Waals surface area (Å²) < 4.78 is 12.7. The quantitative estimate of drug-likeness (QED) is 0.432. The number of hydrogen-bond donors (Lipinski definition) is 1. The summed E-state index contributed by atoms with van der Waals surface area (Å²) in [6.07, 6.45) is 0. The van der Waals surface area contributed by atoms with Crippen LogP contribution in [0, 0.1) is 11.3 Å². The topological polar surface area (TPSA) is 100 Å². The molecule has 172 valence electrons. The van der Waals surface area contributed by atoms with Crippen molar-refractivity contribution in [2.75, 3.05) is 26.0 Å². The number of carbonyl (C=O) groups excluding carboxylic acids is 1. The van der Waals surface area contributed by atoms with Crippen molar-refractivity contribution in [3.63, 3.8) is 0 Å². The molecule has 1 heterocycles. The number of ether oxygens (including phenoxy) is 1. The molecule has 0 saturated carbocycles. The third-order valence-electron chi connectivity index (χ3n) is 5.32. The number of aromatic nitrogens is 1. The van der Waals surface area contributed by atoms with Gasteiger partial charge in [0.25, 0.3) is 5.91 Å². The van der Waals surface area contributed by atoms with Crippen LogP contribution >= 0.6 is 0 Å². The third kappa shape index (κ3) is 5.17. The van der Waals surface area contributed by atoms with Crippen molar-refractivity contribution < 1.29 is 13.9 Å². The summed E-state index contributed by atoms with van der Waals surface area (Å²) in [5, 5.41) is 12.1. The summed E-state index contributed by atoms with van der Waals surface area (Å²) in [6, 6.07) is 21.3. The van der Waals surface area contributed by atoms with Gasteiger partial charge in [0.05, 0.1) is 17.1 Å². The van der Waals surface area contributed by atoms with Crippen molar-refractivity contribution >= 4 is 22.7 Å². The minimum Gasteiger partial charge on any atom is -0.489 e. The van der Waals surface area contributed by atoms with E-state index in [1.165, 1.54) is 0 Å². The fourth-order valence-electron chi connectivity index (χ4n) is 3.50. The Labute approximate surface area is 196 Å². The molecule has 8 nitrogen and oxygen atoms in total. The van der Waals surface area contributed by atoms with Crippen LogP contribution in [0.4, 0.5) is 5.69 Å². The largest absolute Gasteiger partial charge is 0.489 e. The van der Waals surface area contributed by atoms with E-state index >= 15 is 0 Å². The summed E-state index contributed by atoms with van der Waals surface area (Å²) in [6.45, 7) is 1.37. The van der Waals surface area contributed by atoms with Crippen LogP contribution in [0.2, 0.25) is 0 Å². The van der Waals surface area contributed by atoms with Crippen molar-refractivity contribution in [2.45, 2.75) is 13.2 Å². The van der Waals surface area contributed by atoms with Crippen molar-refractivity contribution in [1.82, 2.24) is 9.47 Å². The SMILES string of the molecule is CN(C)CCn1c(=O)oc2ccc(NC(=O)c3cccc(OCc4ccccc4C#N)c3)cc21. The number of rotatable bonds is 8. The molecule has 8 heteroatoms. The zero-order valence-electron chi connectivity index (χ0n) is 18.9. The molecule has 0 aliphatic rings. The lowest BCUT2D eigenvalue weighted by Gasteiger charge is -2.11. The predicted octanol–water partition coefficient (Wildman–Crippen LogP) is 3.86. The Kier molecular flexibility index (Phi) is 6.76. The van der Waals surface area contributed by atoms with Gasteiger partial charge in [-0.05, 0) is 56.6 Å². The average Bonchev–Trinajstić information content (AvgIpc) is 3.15. The van der Waals surface area contributed by atoms with E-state index in [4.69, 9.17) is 9.15 Å². The lowest BCUT2D eigenvalue weighted by Crippen LogP contribution is -2.23. The predicted molar refractivity (Wildman–Crippen MR) is 129 cm³/mol. The second-order valence-corrected chi connectivity index (χ2v) is 8.04. The van der Waals surface area contributed by atoms with Crippen LogP contribution in [0.15, 0.2) is 75.9 Å². The number of amides is 1. The first-order chi connectivity index (χ1) is 16.4. The van der Waals surface area contributed by atoms with Crippen LogP contribution in [-0.2, 0) is 13.2 Å². The molecule has 0 aliphatic carbocycles. The van der Waals surface area contributed by atoms with Gasteiger partial charge in [-0.15, -0.1) is 0 Å². The van der Waals surface area contributed by atoms with Gasteiger partial charge < -0.3 is 19.4 Å². The second-order valence-electron chi connectivity index (χ2n) is 8.04. The van der Waals surface area contributed by atoms with Crippen molar-refractivity contribution in [3.05, 3.63) is 94.0 Å². The minimum absolute atomic E-state index is 0.219. The van der Waals surface area contributed by atoms with Gasteiger partial charge in [0.15, 0.2) is 5.58 Å². The van der Waals surface area contributed by atoms with Gasteiger partial charge in [0.1, 0.15) is 12.4 Å². The maximum absolute atomic E-state index is 12.9. The van der Waals surface area contributed by atoms with Crippen LogP contribution < -0.4 is 15.8 Å². The van der Waals surface area contributed by atoms with E-state index < -0.39 is 5.76 Å². The molecular formula is C26H24N4O4. The van der Waals surface area contributed by atoms with Gasteiger partial charge in [-0.1, -0.05) is 24.3 Å². The highest BCUT2D eigenvalue weighted by atomic mass is 16.5. The zero-order valence-corrected chi connectivity index (χ0v) is 18.9. The van der Waals surface area contributed by atoms with Gasteiger partial charge >= 0.3 is 5.76 Å². The molecule has 0 aliphatic heterocycles. The van der Waals surface area contributed by atoms with Gasteiger partial charge in [-0.25, -0.2) is 4.79 Å². The summed E-state index contributed by atoms with van der Waals surface area (Å²) in [4.78, 5) is 27.1. The zero-order chi connectivity index (χ0) is 24.1. The van der Waals surface area contributed by atoms with Gasteiger partial charge in [0, 0.05) is 29.9 Å². The summed E-state index contributed by atoms with van der Waals surface area (Å²) in [5.74, 6) is -0.223. The summed E-state index contributed by atoms with van der Waals surface area (Å²) >= 11 is 0. The Morgan fingerprint density at radius 1 is 1.12 bits per heavy atom. The van der Waals surface area contributed by atoms with Crippen molar-refractivity contribution in [3.8, 4) is 11.8 Å². The highest BCUT2D eigenvalue weighted by Gasteiger charge is 2.13. The minimum atomic E-state index is -0.428. The Morgan fingerprint density at radius 2 is 1.94 bits per heavy atom. The Hall–Kier alpha value is -4.35. The van der Waals surface area contributed by atoms with Crippen LogP contribution in [0.3, 0.4) is 0 Å². The van der Waals surface area contributed by atoms with Crippen LogP contribution in [0.5, 0.6) is 5.75 Å². The molecule has 4 aromatic rings. The van der Waals surface area contributed by atoms with Crippen LogP contribution in [0.1, 0.15) is 21.5 Å². The Morgan fingerprint density at radius 3 is 2.74 bits per heavy atom. The standard InChI is InChI=1S/C26H24N4O4/c1-29(2)12-13-30-23-15-21(10-11-24(23)34-26(30)32)28-25(31)18-8-5-9-22(14-18)33-17-20-7-4-3-6-19(20)16-27/h3-11,14-15H,12-13,17H2,1-2H3,(H,28,31). The Balaban J connectivity index is 1.49. The maximum atomic E-state index is 12.9. The van der Waals surface area contributed by atoms with E-state index in [1.807, 2.05) is 31.1 Å². The van der Waals surface area contributed by atoms with Gasteiger partial charge in [0.2, 0.25) is 0 Å². The highest BCUT2D eigenvalue weighted by Crippen LogP contribution is 2.21. The average molecular weight is 457 g/mol. The summed E-state index contributed by atoms with van der Waals surface area (Å²) in [7, 11) is 3.86. The number of nitrogens with zero attached hydrogens (tertiary/aromatic N) is 3. The second kappa shape index (κ2) is 10.1. The van der Waals surface area contributed by atoms with Gasteiger partial charge in [-0.3, -0.25) is 9.36 Å².